The van der Waals surface area contributed by atoms with Crippen LogP contribution in [0.5, 0.6) is 0 Å². The number of benzene rings is 1. The van der Waals surface area contributed by atoms with E-state index in [0.29, 0.717) is 24.4 Å². The standard InChI is InChI=1S/C21H17BrN6O3S/c1-2-27-18-17(19(30)25-20(27)31)28(11-15(29)12-3-5-13(22)6-4-12)16(24-18)9-14-10-26-7-8-32-21(26)23-14/h3-8,10H,2,9,11H2,1H3,(H,25,30,31). The van der Waals surface area contributed by atoms with Crippen molar-refractivity contribution in [2.24, 2.45) is 0 Å². The number of Topliss-reactive ketones (excluding diaryl/α,β-unsaturated/α-hetero) is 1. The quantitative estimate of drug-likeness (QED) is 0.352. The number of carbonyl (C=O) groups is 1. The van der Waals surface area contributed by atoms with Gasteiger partial charge in [0.2, 0.25) is 0 Å². The van der Waals surface area contributed by atoms with E-state index >= 15 is 0 Å². The molecule has 4 heterocycles. The van der Waals surface area contributed by atoms with Crippen LogP contribution in [0.1, 0.15) is 28.8 Å². The molecule has 0 fully saturated rings. The number of nitrogens with zero attached hydrogens (tertiary/aromatic N) is 5. The lowest BCUT2D eigenvalue weighted by atomic mass is 10.1. The molecule has 32 heavy (non-hydrogen) atoms. The van der Waals surface area contributed by atoms with Gasteiger partial charge in [0.1, 0.15) is 5.82 Å². The molecule has 1 aromatic carbocycles. The fourth-order valence-corrected chi connectivity index (χ4v) is 4.69. The van der Waals surface area contributed by atoms with E-state index in [0.717, 1.165) is 15.1 Å². The lowest BCUT2D eigenvalue weighted by Crippen LogP contribution is -2.31. The third kappa shape index (κ3) is 3.53. The Morgan fingerprint density at radius 3 is 2.66 bits per heavy atom. The van der Waals surface area contributed by atoms with Gasteiger partial charge < -0.3 is 4.57 Å². The Bertz CT molecular complexity index is 1560. The number of aryl methyl sites for hydroxylation is 1. The Hall–Kier alpha value is -3.31. The molecule has 0 aliphatic carbocycles. The zero-order valence-corrected chi connectivity index (χ0v) is 19.3. The summed E-state index contributed by atoms with van der Waals surface area (Å²) < 4.78 is 5.77. The zero-order chi connectivity index (χ0) is 22.4. The van der Waals surface area contributed by atoms with Gasteiger partial charge in [0, 0.05) is 40.8 Å². The molecule has 0 bridgehead atoms. The molecule has 0 radical (unpaired) electrons. The first-order valence-corrected chi connectivity index (χ1v) is 11.5. The molecule has 9 nitrogen and oxygen atoms in total. The lowest BCUT2D eigenvalue weighted by Gasteiger charge is -2.08. The van der Waals surface area contributed by atoms with E-state index in [4.69, 9.17) is 0 Å². The van der Waals surface area contributed by atoms with E-state index in [2.05, 4.69) is 30.9 Å². The number of H-pyrrole nitrogens is 1. The molecule has 0 saturated heterocycles. The molecule has 0 spiro atoms. The largest absolute Gasteiger partial charge is 0.330 e. The minimum Gasteiger partial charge on any atom is -0.314 e. The first-order valence-electron chi connectivity index (χ1n) is 9.86. The second-order valence-electron chi connectivity index (χ2n) is 7.22. The molecule has 0 atom stereocenters. The highest BCUT2D eigenvalue weighted by atomic mass is 79.9. The molecule has 0 aliphatic heterocycles. The number of ketones is 1. The van der Waals surface area contributed by atoms with Crippen LogP contribution in [0.4, 0.5) is 0 Å². The number of carbonyl (C=O) groups excluding carboxylic acids is 1. The number of thiazole rings is 1. The summed E-state index contributed by atoms with van der Waals surface area (Å²) in [7, 11) is 0. The van der Waals surface area contributed by atoms with E-state index in [9.17, 15) is 14.4 Å². The van der Waals surface area contributed by atoms with Crippen LogP contribution in [0.15, 0.2) is 56.1 Å². The molecule has 5 rings (SSSR count). The average Bonchev–Trinajstić information content (AvgIpc) is 3.43. The van der Waals surface area contributed by atoms with Gasteiger partial charge in [-0.25, -0.2) is 14.8 Å². The SMILES string of the molecule is CCn1c(=O)[nH]c(=O)c2c1nc(Cc1cn3ccsc3n1)n2CC(=O)c1ccc(Br)cc1. The topological polar surface area (TPSA) is 107 Å². The first-order chi connectivity index (χ1) is 15.4. The van der Waals surface area contributed by atoms with Crippen LogP contribution >= 0.6 is 27.3 Å². The molecular weight excluding hydrogens is 496 g/mol. The zero-order valence-electron chi connectivity index (χ0n) is 16.9. The third-order valence-corrected chi connectivity index (χ3v) is 6.53. The second kappa shape index (κ2) is 7.99. The Labute approximate surface area is 193 Å². The fraction of sp³-hybridized carbons (Fsp3) is 0.190. The predicted molar refractivity (Wildman–Crippen MR) is 125 cm³/mol. The average molecular weight is 513 g/mol. The van der Waals surface area contributed by atoms with E-state index < -0.39 is 11.2 Å². The summed E-state index contributed by atoms with van der Waals surface area (Å²) in [5, 5.41) is 1.94. The summed E-state index contributed by atoms with van der Waals surface area (Å²) in [6.07, 6.45) is 4.12. The predicted octanol–water partition coefficient (Wildman–Crippen LogP) is 2.85. The Kier molecular flexibility index (Phi) is 5.14. The number of imidazole rings is 2. The van der Waals surface area contributed by atoms with E-state index in [-0.39, 0.29) is 23.5 Å². The smallest absolute Gasteiger partial charge is 0.314 e. The van der Waals surface area contributed by atoms with Crippen molar-refractivity contribution < 1.29 is 4.79 Å². The number of fused-ring (bicyclic) bond motifs is 2. The monoisotopic (exact) mass is 512 g/mol. The van der Waals surface area contributed by atoms with Crippen molar-refractivity contribution in [2.45, 2.75) is 26.4 Å². The molecule has 162 valence electrons. The van der Waals surface area contributed by atoms with E-state index in [1.54, 1.807) is 35.8 Å². The van der Waals surface area contributed by atoms with Crippen LogP contribution in [0, 0.1) is 0 Å². The maximum atomic E-state index is 13.0. The van der Waals surface area contributed by atoms with Gasteiger partial charge in [-0.15, -0.1) is 11.3 Å². The summed E-state index contributed by atoms with van der Waals surface area (Å²) in [5.74, 6) is 0.326. The van der Waals surface area contributed by atoms with Gasteiger partial charge in [0.05, 0.1) is 12.2 Å². The van der Waals surface area contributed by atoms with Gasteiger partial charge in [-0.2, -0.15) is 0 Å². The maximum Gasteiger partial charge on any atom is 0.330 e. The van der Waals surface area contributed by atoms with Gasteiger partial charge in [0.25, 0.3) is 5.56 Å². The number of rotatable bonds is 6. The Morgan fingerprint density at radius 1 is 1.16 bits per heavy atom. The van der Waals surface area contributed by atoms with Crippen LogP contribution in [0.3, 0.4) is 0 Å². The highest BCUT2D eigenvalue weighted by molar-refractivity contribution is 9.10. The number of aromatic amines is 1. The van der Waals surface area contributed by atoms with Crippen LogP contribution in [-0.2, 0) is 19.5 Å². The summed E-state index contributed by atoms with van der Waals surface area (Å²) in [6, 6.07) is 7.03. The van der Waals surface area contributed by atoms with Crippen molar-refractivity contribution in [3.8, 4) is 0 Å². The molecule has 4 aromatic heterocycles. The second-order valence-corrected chi connectivity index (χ2v) is 9.01. The molecule has 1 N–H and O–H groups in total. The molecular formula is C21H17BrN6O3S. The molecule has 0 saturated carbocycles. The summed E-state index contributed by atoms with van der Waals surface area (Å²) in [4.78, 5) is 50.5. The third-order valence-electron chi connectivity index (χ3n) is 5.23. The Morgan fingerprint density at radius 2 is 1.94 bits per heavy atom. The molecule has 0 unspecified atom stereocenters. The number of nitrogens with one attached hydrogen (secondary N) is 1. The van der Waals surface area contributed by atoms with Gasteiger partial charge in [0.15, 0.2) is 21.9 Å². The minimum atomic E-state index is -0.567. The van der Waals surface area contributed by atoms with Crippen molar-refractivity contribution in [1.29, 1.82) is 0 Å². The van der Waals surface area contributed by atoms with Crippen LogP contribution in [0.25, 0.3) is 16.1 Å². The first kappa shape index (κ1) is 20.6. The number of aromatic nitrogens is 6. The maximum absolute atomic E-state index is 13.0. The van der Waals surface area contributed by atoms with Crippen molar-refractivity contribution in [3.05, 3.63) is 84.4 Å². The number of halogens is 1. The van der Waals surface area contributed by atoms with Crippen LogP contribution < -0.4 is 11.2 Å². The van der Waals surface area contributed by atoms with Crippen molar-refractivity contribution in [3.63, 3.8) is 0 Å². The fourth-order valence-electron chi connectivity index (χ4n) is 3.71. The number of hydrogen-bond acceptors (Lipinski definition) is 6. The van der Waals surface area contributed by atoms with Crippen molar-refractivity contribution in [1.82, 2.24) is 28.5 Å². The summed E-state index contributed by atoms with van der Waals surface area (Å²) in [6.45, 7) is 2.05. The summed E-state index contributed by atoms with van der Waals surface area (Å²) in [5.41, 5.74) is 0.648. The Balaban J connectivity index is 1.65. The molecule has 0 amide bonds. The highest BCUT2D eigenvalue weighted by Gasteiger charge is 2.21. The van der Waals surface area contributed by atoms with E-state index in [1.807, 2.05) is 22.2 Å². The molecule has 11 heteroatoms. The minimum absolute atomic E-state index is 0.0827. The van der Waals surface area contributed by atoms with Crippen LogP contribution in [-0.4, -0.2) is 34.3 Å². The molecule has 5 aromatic rings. The molecule has 0 aliphatic rings. The van der Waals surface area contributed by atoms with Gasteiger partial charge in [-0.05, 0) is 19.1 Å². The van der Waals surface area contributed by atoms with Gasteiger partial charge in [-0.3, -0.25) is 23.5 Å². The highest BCUT2D eigenvalue weighted by Crippen LogP contribution is 2.19. The normalized spacial score (nSPS) is 11.6. The van der Waals surface area contributed by atoms with Gasteiger partial charge >= 0.3 is 5.69 Å². The van der Waals surface area contributed by atoms with Crippen molar-refractivity contribution >= 4 is 49.2 Å². The van der Waals surface area contributed by atoms with Crippen molar-refractivity contribution in [2.75, 3.05) is 0 Å². The van der Waals surface area contributed by atoms with Crippen LogP contribution in [0.2, 0.25) is 0 Å². The van der Waals surface area contributed by atoms with Gasteiger partial charge in [-0.1, -0.05) is 28.1 Å². The van der Waals surface area contributed by atoms with E-state index in [1.165, 1.54) is 15.9 Å². The summed E-state index contributed by atoms with van der Waals surface area (Å²) >= 11 is 4.88. The lowest BCUT2D eigenvalue weighted by molar-refractivity contribution is 0.0972. The number of hydrogen-bond donors (Lipinski definition) is 1.